The van der Waals surface area contributed by atoms with Crippen molar-refractivity contribution in [3.63, 3.8) is 0 Å². The third kappa shape index (κ3) is 3.86. The van der Waals surface area contributed by atoms with E-state index in [1.165, 1.54) is 0 Å². The molecule has 5 heteroatoms. The van der Waals surface area contributed by atoms with Crippen molar-refractivity contribution in [2.45, 2.75) is 13.3 Å². The van der Waals surface area contributed by atoms with E-state index in [1.807, 2.05) is 19.1 Å². The van der Waals surface area contributed by atoms with E-state index in [1.54, 1.807) is 31.4 Å². The second kappa shape index (κ2) is 7.09. The molecule has 0 fully saturated rings. The van der Waals surface area contributed by atoms with Crippen molar-refractivity contribution >= 4 is 37.6 Å². The van der Waals surface area contributed by atoms with Gasteiger partial charge in [0.25, 0.3) is 0 Å². The van der Waals surface area contributed by atoms with E-state index in [-0.39, 0.29) is 5.78 Å². The van der Waals surface area contributed by atoms with Gasteiger partial charge >= 0.3 is 0 Å². The molecule has 110 valence electrons. The molecule has 2 aromatic rings. The van der Waals surface area contributed by atoms with Crippen LogP contribution in [0.1, 0.15) is 23.7 Å². The van der Waals surface area contributed by atoms with Crippen LogP contribution in [0.5, 0.6) is 17.2 Å². The Morgan fingerprint density at radius 3 is 2.19 bits per heavy atom. The minimum atomic E-state index is 0.120. The van der Waals surface area contributed by atoms with Gasteiger partial charge in [-0.2, -0.15) is 0 Å². The first-order valence-electron chi connectivity index (χ1n) is 6.39. The van der Waals surface area contributed by atoms with Gasteiger partial charge in [0.2, 0.25) is 0 Å². The Balaban J connectivity index is 2.22. The Bertz CT molecular complexity index is 651. The van der Waals surface area contributed by atoms with E-state index in [0.717, 1.165) is 14.7 Å². The van der Waals surface area contributed by atoms with Gasteiger partial charge in [-0.3, -0.25) is 4.79 Å². The minimum absolute atomic E-state index is 0.120. The van der Waals surface area contributed by atoms with Crippen LogP contribution in [0.4, 0.5) is 0 Å². The van der Waals surface area contributed by atoms with Crippen molar-refractivity contribution in [1.82, 2.24) is 0 Å². The number of Topliss-reactive ketones (excluding diaryl/α,β-unsaturated/α-hetero) is 1. The highest BCUT2D eigenvalue weighted by molar-refractivity contribution is 9.11. The molecule has 0 spiro atoms. The van der Waals surface area contributed by atoms with Crippen molar-refractivity contribution in [3.05, 3.63) is 50.9 Å². The summed E-state index contributed by atoms with van der Waals surface area (Å²) in [6.45, 7) is 1.85. The quantitative estimate of drug-likeness (QED) is 0.598. The highest BCUT2D eigenvalue weighted by Crippen LogP contribution is 2.38. The van der Waals surface area contributed by atoms with E-state index < -0.39 is 0 Å². The zero-order valence-corrected chi connectivity index (χ0v) is 14.8. The normalized spacial score (nSPS) is 10.3. The predicted molar refractivity (Wildman–Crippen MR) is 89.5 cm³/mol. The molecule has 2 rings (SSSR count). The average molecular weight is 414 g/mol. The maximum absolute atomic E-state index is 11.6. The molecule has 0 N–H and O–H groups in total. The largest absolute Gasteiger partial charge is 0.496 e. The van der Waals surface area contributed by atoms with Gasteiger partial charge < -0.3 is 9.47 Å². The summed E-state index contributed by atoms with van der Waals surface area (Å²) < 4.78 is 12.6. The summed E-state index contributed by atoms with van der Waals surface area (Å²) in [4.78, 5) is 11.6. The smallest absolute Gasteiger partial charge is 0.162 e. The van der Waals surface area contributed by atoms with Crippen LogP contribution in [0.3, 0.4) is 0 Å². The molecule has 0 unspecified atom stereocenters. The Kier molecular flexibility index (Phi) is 5.42. The van der Waals surface area contributed by atoms with Gasteiger partial charge in [-0.25, -0.2) is 0 Å². The lowest BCUT2D eigenvalue weighted by Gasteiger charge is -2.11. The van der Waals surface area contributed by atoms with Crippen LogP contribution >= 0.6 is 31.9 Å². The van der Waals surface area contributed by atoms with E-state index >= 15 is 0 Å². The Hall–Kier alpha value is -1.33. The number of ketones is 1. The Morgan fingerprint density at radius 1 is 1.05 bits per heavy atom. The standard InChI is InChI=1S/C16H14Br2O3/c1-3-14(19)10-4-6-11(7-5-10)21-16-9-12(17)15(20-2)8-13(16)18/h4-9H,3H2,1-2H3. The number of ether oxygens (including phenoxy) is 2. The SMILES string of the molecule is CCC(=O)c1ccc(Oc2cc(Br)c(OC)cc2Br)cc1. The molecule has 21 heavy (non-hydrogen) atoms. The third-order valence-electron chi connectivity index (χ3n) is 2.93. The molecular formula is C16H14Br2O3. The molecule has 0 aliphatic rings. The number of benzene rings is 2. The average Bonchev–Trinajstić information content (AvgIpc) is 2.50. The molecule has 0 aliphatic carbocycles. The van der Waals surface area contributed by atoms with Crippen molar-refractivity contribution in [1.29, 1.82) is 0 Å². The first-order chi connectivity index (χ1) is 10.0. The number of hydrogen-bond donors (Lipinski definition) is 0. The summed E-state index contributed by atoms with van der Waals surface area (Å²) in [5.74, 6) is 2.17. The molecule has 3 nitrogen and oxygen atoms in total. The topological polar surface area (TPSA) is 35.5 Å². The fourth-order valence-electron chi connectivity index (χ4n) is 1.78. The molecule has 0 atom stereocenters. The molecule has 0 saturated carbocycles. The summed E-state index contributed by atoms with van der Waals surface area (Å²) >= 11 is 6.87. The lowest BCUT2D eigenvalue weighted by Crippen LogP contribution is -1.96. The van der Waals surface area contributed by atoms with Gasteiger partial charge in [0, 0.05) is 12.0 Å². The lowest BCUT2D eigenvalue weighted by molar-refractivity contribution is 0.0988. The van der Waals surface area contributed by atoms with Crippen molar-refractivity contribution < 1.29 is 14.3 Å². The van der Waals surface area contributed by atoms with E-state index in [9.17, 15) is 4.79 Å². The third-order valence-corrected chi connectivity index (χ3v) is 4.17. The zero-order chi connectivity index (χ0) is 15.4. The monoisotopic (exact) mass is 412 g/mol. The maximum atomic E-state index is 11.6. The number of carbonyl (C=O) groups is 1. The second-order valence-electron chi connectivity index (χ2n) is 4.32. The molecule has 0 saturated heterocycles. The molecule has 2 aromatic carbocycles. The van der Waals surface area contributed by atoms with Crippen LogP contribution < -0.4 is 9.47 Å². The molecule has 0 radical (unpaired) electrons. The Morgan fingerprint density at radius 2 is 1.62 bits per heavy atom. The summed E-state index contributed by atoms with van der Waals surface area (Å²) in [7, 11) is 1.61. The van der Waals surface area contributed by atoms with Gasteiger partial charge in [0.15, 0.2) is 5.78 Å². The highest BCUT2D eigenvalue weighted by atomic mass is 79.9. The van der Waals surface area contributed by atoms with Crippen molar-refractivity contribution in [2.75, 3.05) is 7.11 Å². The summed E-state index contributed by atoms with van der Waals surface area (Å²) in [6, 6.07) is 10.8. The van der Waals surface area contributed by atoms with Crippen LogP contribution in [-0.4, -0.2) is 12.9 Å². The minimum Gasteiger partial charge on any atom is -0.496 e. The molecule has 0 aromatic heterocycles. The molecule has 0 amide bonds. The summed E-state index contributed by atoms with van der Waals surface area (Å²) in [5, 5.41) is 0. The lowest BCUT2D eigenvalue weighted by atomic mass is 10.1. The van der Waals surface area contributed by atoms with Crippen LogP contribution in [0.25, 0.3) is 0 Å². The molecule has 0 aliphatic heterocycles. The molecule has 0 bridgehead atoms. The first kappa shape index (κ1) is 16.0. The van der Waals surface area contributed by atoms with Crippen LogP contribution in [0, 0.1) is 0 Å². The molecule has 0 heterocycles. The fourth-order valence-corrected chi connectivity index (χ4v) is 2.67. The number of halogens is 2. The maximum Gasteiger partial charge on any atom is 0.162 e. The van der Waals surface area contributed by atoms with E-state index in [4.69, 9.17) is 9.47 Å². The van der Waals surface area contributed by atoms with E-state index in [0.29, 0.717) is 23.5 Å². The van der Waals surface area contributed by atoms with Crippen molar-refractivity contribution in [3.8, 4) is 17.2 Å². The van der Waals surface area contributed by atoms with Crippen molar-refractivity contribution in [2.24, 2.45) is 0 Å². The second-order valence-corrected chi connectivity index (χ2v) is 6.03. The number of methoxy groups -OCH3 is 1. The van der Waals surface area contributed by atoms with Gasteiger partial charge in [-0.1, -0.05) is 6.92 Å². The zero-order valence-electron chi connectivity index (χ0n) is 11.7. The van der Waals surface area contributed by atoms with Crippen LogP contribution in [-0.2, 0) is 0 Å². The first-order valence-corrected chi connectivity index (χ1v) is 7.98. The fraction of sp³-hybridized carbons (Fsp3) is 0.188. The van der Waals surface area contributed by atoms with Gasteiger partial charge in [-0.15, -0.1) is 0 Å². The van der Waals surface area contributed by atoms with Gasteiger partial charge in [-0.05, 0) is 68.3 Å². The number of carbonyl (C=O) groups excluding carboxylic acids is 1. The van der Waals surface area contributed by atoms with Crippen LogP contribution in [0.15, 0.2) is 45.3 Å². The number of hydrogen-bond acceptors (Lipinski definition) is 3. The highest BCUT2D eigenvalue weighted by Gasteiger charge is 2.10. The van der Waals surface area contributed by atoms with Gasteiger partial charge in [0.05, 0.1) is 16.1 Å². The summed E-state index contributed by atoms with van der Waals surface area (Å²) in [6.07, 6.45) is 0.497. The number of rotatable bonds is 5. The van der Waals surface area contributed by atoms with Gasteiger partial charge in [0.1, 0.15) is 17.2 Å². The summed E-state index contributed by atoms with van der Waals surface area (Å²) in [5.41, 5.74) is 0.694. The van der Waals surface area contributed by atoms with Crippen LogP contribution in [0.2, 0.25) is 0 Å². The van der Waals surface area contributed by atoms with E-state index in [2.05, 4.69) is 31.9 Å². The molecular weight excluding hydrogens is 400 g/mol. The predicted octanol–water partition coefficient (Wildman–Crippen LogP) is 5.61. The Labute approximate surface area is 140 Å².